The van der Waals surface area contributed by atoms with E-state index in [1.165, 1.54) is 12.1 Å². The highest BCUT2D eigenvalue weighted by atomic mass is 16.5. The van der Waals surface area contributed by atoms with Crippen molar-refractivity contribution < 1.29 is 14.9 Å². The van der Waals surface area contributed by atoms with Crippen molar-refractivity contribution in [2.24, 2.45) is 0 Å². The SMILES string of the molecule is Cc1cc(O)cc(Oc2cccc(O)c2)c1. The molecule has 0 saturated carbocycles. The molecule has 0 fully saturated rings. The van der Waals surface area contributed by atoms with Crippen LogP contribution in [0.2, 0.25) is 0 Å². The molecule has 0 saturated heterocycles. The van der Waals surface area contributed by atoms with Gasteiger partial charge in [-0.2, -0.15) is 0 Å². The number of aryl methyl sites for hydroxylation is 1. The number of aromatic hydroxyl groups is 2. The summed E-state index contributed by atoms with van der Waals surface area (Å²) in [7, 11) is 0. The van der Waals surface area contributed by atoms with Gasteiger partial charge in [0, 0.05) is 12.1 Å². The van der Waals surface area contributed by atoms with Crippen molar-refractivity contribution in [1.29, 1.82) is 0 Å². The molecule has 2 rings (SSSR count). The Hall–Kier alpha value is -2.16. The average molecular weight is 216 g/mol. The van der Waals surface area contributed by atoms with Crippen molar-refractivity contribution >= 4 is 0 Å². The van der Waals surface area contributed by atoms with E-state index in [1.807, 2.05) is 13.0 Å². The Balaban J connectivity index is 2.27. The first-order valence-electron chi connectivity index (χ1n) is 4.91. The van der Waals surface area contributed by atoms with E-state index >= 15 is 0 Å². The van der Waals surface area contributed by atoms with Crippen LogP contribution in [0.4, 0.5) is 0 Å². The van der Waals surface area contributed by atoms with Gasteiger partial charge in [-0.15, -0.1) is 0 Å². The lowest BCUT2D eigenvalue weighted by Gasteiger charge is -2.07. The molecule has 0 radical (unpaired) electrons. The van der Waals surface area contributed by atoms with Gasteiger partial charge < -0.3 is 14.9 Å². The molecular formula is C13H12O3. The van der Waals surface area contributed by atoms with Crippen LogP contribution in [-0.4, -0.2) is 10.2 Å². The molecule has 0 bridgehead atoms. The van der Waals surface area contributed by atoms with Gasteiger partial charge in [0.2, 0.25) is 0 Å². The van der Waals surface area contributed by atoms with Crippen molar-refractivity contribution in [3.8, 4) is 23.0 Å². The molecule has 0 spiro atoms. The molecule has 2 aromatic rings. The highest BCUT2D eigenvalue weighted by Crippen LogP contribution is 2.28. The minimum absolute atomic E-state index is 0.148. The highest BCUT2D eigenvalue weighted by Gasteiger charge is 2.01. The Morgan fingerprint density at radius 3 is 2.31 bits per heavy atom. The molecule has 16 heavy (non-hydrogen) atoms. The van der Waals surface area contributed by atoms with E-state index in [0.717, 1.165) is 5.56 Å². The molecule has 0 amide bonds. The Morgan fingerprint density at radius 1 is 0.875 bits per heavy atom. The fourth-order valence-corrected chi connectivity index (χ4v) is 1.47. The minimum atomic E-state index is 0.148. The van der Waals surface area contributed by atoms with Gasteiger partial charge in [-0.05, 0) is 36.8 Å². The summed E-state index contributed by atoms with van der Waals surface area (Å²) in [4.78, 5) is 0. The smallest absolute Gasteiger partial charge is 0.131 e. The molecule has 0 unspecified atom stereocenters. The van der Waals surface area contributed by atoms with Gasteiger partial charge in [-0.25, -0.2) is 0 Å². The second-order valence-electron chi connectivity index (χ2n) is 3.60. The van der Waals surface area contributed by atoms with E-state index in [1.54, 1.807) is 24.3 Å². The molecule has 3 heteroatoms. The molecule has 0 aliphatic heterocycles. The molecule has 0 atom stereocenters. The maximum absolute atomic E-state index is 9.40. The van der Waals surface area contributed by atoms with E-state index in [9.17, 15) is 10.2 Å². The third kappa shape index (κ3) is 2.45. The van der Waals surface area contributed by atoms with Crippen LogP contribution >= 0.6 is 0 Å². The zero-order valence-electron chi connectivity index (χ0n) is 8.84. The molecule has 0 aliphatic carbocycles. The first-order chi connectivity index (χ1) is 7.63. The van der Waals surface area contributed by atoms with Gasteiger partial charge in [0.05, 0.1) is 0 Å². The van der Waals surface area contributed by atoms with Gasteiger partial charge in [0.1, 0.15) is 23.0 Å². The van der Waals surface area contributed by atoms with E-state index in [0.29, 0.717) is 11.5 Å². The lowest BCUT2D eigenvalue weighted by atomic mass is 10.2. The van der Waals surface area contributed by atoms with Gasteiger partial charge in [0.15, 0.2) is 0 Å². The van der Waals surface area contributed by atoms with Crippen LogP contribution in [-0.2, 0) is 0 Å². The summed E-state index contributed by atoms with van der Waals surface area (Å²) in [5.41, 5.74) is 0.912. The number of hydrogen-bond donors (Lipinski definition) is 2. The summed E-state index contributed by atoms with van der Waals surface area (Å²) in [6.07, 6.45) is 0. The predicted octanol–water partition coefficient (Wildman–Crippen LogP) is 3.20. The first-order valence-corrected chi connectivity index (χ1v) is 4.91. The molecular weight excluding hydrogens is 204 g/mol. The lowest BCUT2D eigenvalue weighted by Crippen LogP contribution is -1.84. The number of hydrogen-bond acceptors (Lipinski definition) is 3. The van der Waals surface area contributed by atoms with Crippen LogP contribution < -0.4 is 4.74 Å². The minimum Gasteiger partial charge on any atom is -0.508 e. The monoisotopic (exact) mass is 216 g/mol. The number of phenolic OH excluding ortho intramolecular Hbond substituents is 2. The summed E-state index contributed by atoms with van der Waals surface area (Å²) in [6.45, 7) is 1.87. The maximum atomic E-state index is 9.40. The second-order valence-corrected chi connectivity index (χ2v) is 3.60. The largest absolute Gasteiger partial charge is 0.508 e. The van der Waals surface area contributed by atoms with Crippen LogP contribution in [0.3, 0.4) is 0 Å². The van der Waals surface area contributed by atoms with Gasteiger partial charge >= 0.3 is 0 Å². The van der Waals surface area contributed by atoms with Crippen LogP contribution in [0.25, 0.3) is 0 Å². The summed E-state index contributed by atoms with van der Waals surface area (Å²) in [6, 6.07) is 11.5. The van der Waals surface area contributed by atoms with Gasteiger partial charge in [-0.1, -0.05) is 6.07 Å². The summed E-state index contributed by atoms with van der Waals surface area (Å²) >= 11 is 0. The fraction of sp³-hybridized carbons (Fsp3) is 0.0769. The van der Waals surface area contributed by atoms with Crippen molar-refractivity contribution in [2.45, 2.75) is 6.92 Å². The van der Waals surface area contributed by atoms with E-state index in [2.05, 4.69) is 0 Å². The second kappa shape index (κ2) is 4.14. The maximum Gasteiger partial charge on any atom is 0.131 e. The highest BCUT2D eigenvalue weighted by molar-refractivity contribution is 5.41. The number of ether oxygens (including phenoxy) is 1. The summed E-state index contributed by atoms with van der Waals surface area (Å²) in [5.74, 6) is 1.39. The van der Waals surface area contributed by atoms with Crippen molar-refractivity contribution in [3.63, 3.8) is 0 Å². The Morgan fingerprint density at radius 2 is 1.62 bits per heavy atom. The van der Waals surface area contributed by atoms with Crippen molar-refractivity contribution in [3.05, 3.63) is 48.0 Å². The fourth-order valence-electron chi connectivity index (χ4n) is 1.47. The zero-order chi connectivity index (χ0) is 11.5. The summed E-state index contributed by atoms with van der Waals surface area (Å²) < 4.78 is 5.50. The van der Waals surface area contributed by atoms with Crippen LogP contribution in [0.15, 0.2) is 42.5 Å². The average Bonchev–Trinajstić information content (AvgIpc) is 2.15. The predicted molar refractivity (Wildman–Crippen MR) is 61.0 cm³/mol. The van der Waals surface area contributed by atoms with Crippen molar-refractivity contribution in [2.75, 3.05) is 0 Å². The van der Waals surface area contributed by atoms with Crippen LogP contribution in [0.5, 0.6) is 23.0 Å². The molecule has 82 valence electrons. The van der Waals surface area contributed by atoms with Crippen LogP contribution in [0.1, 0.15) is 5.56 Å². The third-order valence-corrected chi connectivity index (χ3v) is 2.09. The van der Waals surface area contributed by atoms with Crippen LogP contribution in [0, 0.1) is 6.92 Å². The quantitative estimate of drug-likeness (QED) is 0.810. The molecule has 3 nitrogen and oxygen atoms in total. The van der Waals surface area contributed by atoms with E-state index < -0.39 is 0 Å². The molecule has 2 N–H and O–H groups in total. The van der Waals surface area contributed by atoms with E-state index in [-0.39, 0.29) is 11.5 Å². The first kappa shape index (κ1) is 10.4. The van der Waals surface area contributed by atoms with Gasteiger partial charge in [0.25, 0.3) is 0 Å². The Bertz CT molecular complexity index is 486. The number of phenols is 2. The Labute approximate surface area is 93.6 Å². The lowest BCUT2D eigenvalue weighted by molar-refractivity contribution is 0.446. The molecule has 0 aromatic heterocycles. The topological polar surface area (TPSA) is 49.7 Å². The normalized spacial score (nSPS) is 10.1. The number of benzene rings is 2. The molecule has 2 aromatic carbocycles. The van der Waals surface area contributed by atoms with Crippen molar-refractivity contribution in [1.82, 2.24) is 0 Å². The number of rotatable bonds is 2. The standard InChI is InChI=1S/C13H12O3/c1-9-5-11(15)8-13(6-9)16-12-4-2-3-10(14)7-12/h2-8,14-15H,1H3. The third-order valence-electron chi connectivity index (χ3n) is 2.09. The molecule has 0 heterocycles. The summed E-state index contributed by atoms with van der Waals surface area (Å²) in [5, 5.41) is 18.7. The van der Waals surface area contributed by atoms with E-state index in [4.69, 9.17) is 4.74 Å². The zero-order valence-corrected chi connectivity index (χ0v) is 8.84. The molecule has 0 aliphatic rings. The van der Waals surface area contributed by atoms with Gasteiger partial charge in [-0.3, -0.25) is 0 Å². The Kier molecular flexibility index (Phi) is 2.68.